The molecule has 1 unspecified atom stereocenters. The normalized spacial score (nSPS) is 11.7. The van der Waals surface area contributed by atoms with Crippen LogP contribution in [0.1, 0.15) is 33.5 Å². The van der Waals surface area contributed by atoms with Crippen molar-refractivity contribution in [1.82, 2.24) is 14.9 Å². The van der Waals surface area contributed by atoms with Gasteiger partial charge in [-0.3, -0.25) is 4.79 Å². The summed E-state index contributed by atoms with van der Waals surface area (Å²) in [6, 6.07) is 9.35. The van der Waals surface area contributed by atoms with Crippen molar-refractivity contribution in [3.8, 4) is 0 Å². The van der Waals surface area contributed by atoms with Crippen LogP contribution < -0.4 is 0 Å². The number of hydrogen-bond donors (Lipinski definition) is 2. The highest BCUT2D eigenvalue weighted by Crippen LogP contribution is 2.09. The number of aliphatic hydroxyl groups is 1. The van der Waals surface area contributed by atoms with Crippen molar-refractivity contribution >= 4 is 11.9 Å². The Morgan fingerprint density at radius 1 is 1.13 bits per heavy atom. The fraction of sp³-hybridized carbons (Fsp3) is 0.250. The lowest BCUT2D eigenvalue weighted by atomic mass is 10.2. The molecule has 1 heterocycles. The fourth-order valence-electron chi connectivity index (χ4n) is 2.05. The summed E-state index contributed by atoms with van der Waals surface area (Å²) in [5.74, 6) is -1.62. The van der Waals surface area contributed by atoms with E-state index in [1.807, 2.05) is 30.3 Å². The third kappa shape index (κ3) is 4.58. The van der Waals surface area contributed by atoms with Gasteiger partial charge in [-0.25, -0.2) is 14.8 Å². The molecule has 7 heteroatoms. The zero-order valence-electron chi connectivity index (χ0n) is 12.6. The van der Waals surface area contributed by atoms with Gasteiger partial charge >= 0.3 is 5.97 Å². The number of aromatic nitrogens is 2. The molecule has 120 valence electrons. The van der Waals surface area contributed by atoms with Crippen LogP contribution in [0.25, 0.3) is 0 Å². The molecule has 1 amide bonds. The van der Waals surface area contributed by atoms with Gasteiger partial charge in [0.1, 0.15) is 5.69 Å². The van der Waals surface area contributed by atoms with E-state index in [9.17, 15) is 14.7 Å². The lowest BCUT2D eigenvalue weighted by Gasteiger charge is -2.23. The van der Waals surface area contributed by atoms with Gasteiger partial charge in [0.15, 0.2) is 5.69 Å². The Hall–Kier alpha value is -2.80. The quantitative estimate of drug-likeness (QED) is 0.830. The first-order valence-electron chi connectivity index (χ1n) is 7.04. The van der Waals surface area contributed by atoms with Crippen molar-refractivity contribution in [3.05, 3.63) is 59.7 Å². The largest absolute Gasteiger partial charge is 0.476 e. The highest BCUT2D eigenvalue weighted by Gasteiger charge is 2.20. The molecule has 1 aromatic carbocycles. The van der Waals surface area contributed by atoms with Crippen LogP contribution in [0.5, 0.6) is 0 Å². The van der Waals surface area contributed by atoms with Crippen LogP contribution in [0.3, 0.4) is 0 Å². The number of hydrogen-bond acceptors (Lipinski definition) is 5. The fourth-order valence-corrected chi connectivity index (χ4v) is 2.05. The summed E-state index contributed by atoms with van der Waals surface area (Å²) in [6.45, 7) is 2.04. The second-order valence-corrected chi connectivity index (χ2v) is 5.11. The number of nitrogens with zero attached hydrogens (tertiary/aromatic N) is 3. The number of amides is 1. The molecule has 0 aliphatic carbocycles. The first kappa shape index (κ1) is 16.6. The maximum absolute atomic E-state index is 12.5. The number of carboxylic acid groups (broad SMARTS) is 1. The maximum atomic E-state index is 12.5. The van der Waals surface area contributed by atoms with Crippen LogP contribution in [-0.2, 0) is 6.54 Å². The molecule has 1 aromatic heterocycles. The van der Waals surface area contributed by atoms with Crippen LogP contribution in [0.2, 0.25) is 0 Å². The van der Waals surface area contributed by atoms with Crippen LogP contribution in [0.4, 0.5) is 0 Å². The van der Waals surface area contributed by atoms with E-state index in [1.165, 1.54) is 4.90 Å². The predicted octanol–water partition coefficient (Wildman–Crippen LogP) is 1.20. The number of carbonyl (C=O) groups excluding carboxylic acids is 1. The lowest BCUT2D eigenvalue weighted by molar-refractivity contribution is 0.0621. The van der Waals surface area contributed by atoms with E-state index >= 15 is 0 Å². The second kappa shape index (κ2) is 7.46. The van der Waals surface area contributed by atoms with E-state index in [1.54, 1.807) is 6.92 Å². The van der Waals surface area contributed by atoms with Crippen molar-refractivity contribution in [2.24, 2.45) is 0 Å². The Morgan fingerprint density at radius 3 is 2.26 bits per heavy atom. The van der Waals surface area contributed by atoms with Gasteiger partial charge in [0.05, 0.1) is 18.5 Å². The van der Waals surface area contributed by atoms with Crippen LogP contribution >= 0.6 is 0 Å². The van der Waals surface area contributed by atoms with Crippen LogP contribution in [0, 0.1) is 0 Å². The van der Waals surface area contributed by atoms with Crippen molar-refractivity contribution in [2.75, 3.05) is 6.54 Å². The van der Waals surface area contributed by atoms with Crippen LogP contribution in [0.15, 0.2) is 42.7 Å². The minimum Gasteiger partial charge on any atom is -0.476 e. The number of benzene rings is 1. The van der Waals surface area contributed by atoms with Gasteiger partial charge in [-0.15, -0.1) is 0 Å². The molecule has 0 aliphatic heterocycles. The second-order valence-electron chi connectivity index (χ2n) is 5.11. The number of carboxylic acids is 1. The van der Waals surface area contributed by atoms with Crippen molar-refractivity contribution in [1.29, 1.82) is 0 Å². The molecule has 0 spiro atoms. The molecule has 2 rings (SSSR count). The molecule has 23 heavy (non-hydrogen) atoms. The van der Waals surface area contributed by atoms with E-state index in [0.29, 0.717) is 6.54 Å². The lowest BCUT2D eigenvalue weighted by Crippen LogP contribution is -2.36. The first-order chi connectivity index (χ1) is 11.0. The summed E-state index contributed by atoms with van der Waals surface area (Å²) in [5.41, 5.74) is 0.717. The average Bonchev–Trinajstić information content (AvgIpc) is 2.54. The van der Waals surface area contributed by atoms with Gasteiger partial charge in [0.2, 0.25) is 0 Å². The molecule has 0 fully saturated rings. The molecule has 0 bridgehead atoms. The topological polar surface area (TPSA) is 104 Å². The van der Waals surface area contributed by atoms with Gasteiger partial charge in [0.25, 0.3) is 5.91 Å². The SMILES string of the molecule is CC(O)CN(Cc1ccccc1)C(=O)c1cnc(C(=O)O)cn1. The molecule has 7 nitrogen and oxygen atoms in total. The van der Waals surface area contributed by atoms with Crippen molar-refractivity contribution in [2.45, 2.75) is 19.6 Å². The molecule has 2 aromatic rings. The number of rotatable bonds is 6. The summed E-state index contributed by atoms with van der Waals surface area (Å²) in [5, 5.41) is 18.4. The Balaban J connectivity index is 2.20. The highest BCUT2D eigenvalue weighted by atomic mass is 16.4. The average molecular weight is 315 g/mol. The van der Waals surface area contributed by atoms with E-state index in [0.717, 1.165) is 18.0 Å². The van der Waals surface area contributed by atoms with E-state index in [2.05, 4.69) is 9.97 Å². The Kier molecular flexibility index (Phi) is 5.37. The van der Waals surface area contributed by atoms with E-state index < -0.39 is 18.0 Å². The summed E-state index contributed by atoms with van der Waals surface area (Å²) in [6.07, 6.45) is 1.47. The first-order valence-corrected chi connectivity index (χ1v) is 7.04. The number of aromatic carboxylic acids is 1. The van der Waals surface area contributed by atoms with Crippen molar-refractivity contribution in [3.63, 3.8) is 0 Å². The van der Waals surface area contributed by atoms with Crippen LogP contribution in [-0.4, -0.2) is 49.6 Å². The van der Waals surface area contributed by atoms with Gasteiger partial charge in [-0.2, -0.15) is 0 Å². The maximum Gasteiger partial charge on any atom is 0.356 e. The molecular weight excluding hydrogens is 298 g/mol. The van der Waals surface area contributed by atoms with Gasteiger partial charge in [-0.1, -0.05) is 30.3 Å². The van der Waals surface area contributed by atoms with Crippen molar-refractivity contribution < 1.29 is 19.8 Å². The molecule has 0 saturated carbocycles. The number of carbonyl (C=O) groups is 2. The van der Waals surface area contributed by atoms with Gasteiger partial charge < -0.3 is 15.1 Å². The molecule has 2 N–H and O–H groups in total. The third-order valence-electron chi connectivity index (χ3n) is 3.08. The van der Waals surface area contributed by atoms with E-state index in [-0.39, 0.29) is 17.9 Å². The Labute approximate surface area is 133 Å². The standard InChI is InChI=1S/C16H17N3O4/c1-11(20)9-19(10-12-5-3-2-4-6-12)15(21)13-7-18-14(8-17-13)16(22)23/h2-8,11,20H,9-10H2,1H3,(H,22,23). The Bertz CT molecular complexity index is 671. The zero-order valence-corrected chi connectivity index (χ0v) is 12.6. The molecule has 0 aliphatic rings. The third-order valence-corrected chi connectivity index (χ3v) is 3.08. The predicted molar refractivity (Wildman–Crippen MR) is 81.9 cm³/mol. The zero-order chi connectivity index (χ0) is 16.8. The van der Waals surface area contributed by atoms with Gasteiger partial charge in [0, 0.05) is 13.1 Å². The molecular formula is C16H17N3O4. The minimum atomic E-state index is -1.21. The highest BCUT2D eigenvalue weighted by molar-refractivity contribution is 5.92. The smallest absolute Gasteiger partial charge is 0.356 e. The molecule has 1 atom stereocenters. The Morgan fingerprint density at radius 2 is 1.74 bits per heavy atom. The monoisotopic (exact) mass is 315 g/mol. The van der Waals surface area contributed by atoms with E-state index in [4.69, 9.17) is 5.11 Å². The minimum absolute atomic E-state index is 0.0339. The summed E-state index contributed by atoms with van der Waals surface area (Å²) in [7, 11) is 0. The summed E-state index contributed by atoms with van der Waals surface area (Å²) >= 11 is 0. The molecule has 0 radical (unpaired) electrons. The summed E-state index contributed by atoms with van der Waals surface area (Å²) < 4.78 is 0. The molecule has 0 saturated heterocycles. The number of aliphatic hydroxyl groups excluding tert-OH is 1. The summed E-state index contributed by atoms with van der Waals surface area (Å²) in [4.78, 5) is 32.3. The van der Waals surface area contributed by atoms with Gasteiger partial charge in [-0.05, 0) is 12.5 Å².